The van der Waals surface area contributed by atoms with E-state index in [-0.39, 0.29) is 20.1 Å². The summed E-state index contributed by atoms with van der Waals surface area (Å²) in [6.07, 6.45) is 2.97. The quantitative estimate of drug-likeness (QED) is 0.642. The molecule has 0 spiro atoms. The van der Waals surface area contributed by atoms with Crippen molar-refractivity contribution in [1.82, 2.24) is 4.98 Å². The molecule has 0 bridgehead atoms. The van der Waals surface area contributed by atoms with E-state index in [2.05, 4.69) is 63.0 Å². The third-order valence-electron chi connectivity index (χ3n) is 2.79. The predicted octanol–water partition coefficient (Wildman–Crippen LogP) is 4.44. The molecule has 1 nitrogen and oxygen atoms in total. The standard InChI is InChI=1S/C17H20N.Ir/c1-13-8-9-16(18-12-13)15-7-5-6-14(10-15)11-17(2,3)4;/h5-6,8-10,12H,11H2,1-4H3;/q-1;. The largest absolute Gasteiger partial charge is 0.304 e. The molecule has 0 amide bonds. The summed E-state index contributed by atoms with van der Waals surface area (Å²) in [5.74, 6) is 0. The summed E-state index contributed by atoms with van der Waals surface area (Å²) >= 11 is 0. The zero-order chi connectivity index (χ0) is 13.2. The molecule has 2 rings (SSSR count). The van der Waals surface area contributed by atoms with Crippen molar-refractivity contribution in [3.8, 4) is 11.3 Å². The van der Waals surface area contributed by atoms with E-state index in [0.29, 0.717) is 5.41 Å². The van der Waals surface area contributed by atoms with Crippen molar-refractivity contribution in [1.29, 1.82) is 0 Å². The molecule has 0 atom stereocenters. The number of aryl methyl sites for hydroxylation is 1. The maximum atomic E-state index is 4.45. The first-order valence-corrected chi connectivity index (χ1v) is 6.38. The SMILES string of the molecule is Cc1ccc(-c2[c-]ccc(CC(C)(C)C)c2)nc1.[Ir]. The molecular weight excluding hydrogens is 410 g/mol. The fourth-order valence-electron chi connectivity index (χ4n) is 2.01. The van der Waals surface area contributed by atoms with Gasteiger partial charge in [-0.2, -0.15) is 0 Å². The molecule has 0 N–H and O–H groups in total. The van der Waals surface area contributed by atoms with Gasteiger partial charge in [0.05, 0.1) is 0 Å². The van der Waals surface area contributed by atoms with Crippen molar-refractivity contribution in [2.24, 2.45) is 5.41 Å². The van der Waals surface area contributed by atoms with Crippen molar-refractivity contribution in [2.45, 2.75) is 34.1 Å². The normalized spacial score (nSPS) is 10.9. The van der Waals surface area contributed by atoms with Crippen LogP contribution in [0.2, 0.25) is 0 Å². The van der Waals surface area contributed by atoms with Gasteiger partial charge in [-0.25, -0.2) is 0 Å². The summed E-state index contributed by atoms with van der Waals surface area (Å²) in [4.78, 5) is 4.45. The second kappa shape index (κ2) is 6.45. The molecule has 0 fully saturated rings. The van der Waals surface area contributed by atoms with Crippen LogP contribution in [0, 0.1) is 18.4 Å². The number of benzene rings is 1. The number of rotatable bonds is 2. The molecule has 2 heteroatoms. The predicted molar refractivity (Wildman–Crippen MR) is 76.4 cm³/mol. The molecule has 1 heterocycles. The Balaban J connectivity index is 0.00000180. The maximum absolute atomic E-state index is 4.45. The van der Waals surface area contributed by atoms with Crippen LogP contribution in [0.1, 0.15) is 31.9 Å². The van der Waals surface area contributed by atoms with Crippen LogP contribution in [0.3, 0.4) is 0 Å². The van der Waals surface area contributed by atoms with Gasteiger partial charge in [-0.15, -0.1) is 35.4 Å². The van der Waals surface area contributed by atoms with Crippen molar-refractivity contribution in [3.05, 3.63) is 53.7 Å². The Morgan fingerprint density at radius 2 is 1.89 bits per heavy atom. The Bertz CT molecular complexity index is 524. The Kier molecular flexibility index (Phi) is 5.46. The molecule has 1 radical (unpaired) electrons. The molecule has 103 valence electrons. The summed E-state index contributed by atoms with van der Waals surface area (Å²) in [7, 11) is 0. The minimum atomic E-state index is 0. The molecule has 0 aliphatic heterocycles. The van der Waals surface area contributed by atoms with Crippen LogP contribution in [0.5, 0.6) is 0 Å². The fourth-order valence-corrected chi connectivity index (χ4v) is 2.01. The summed E-state index contributed by atoms with van der Waals surface area (Å²) in [6.45, 7) is 8.82. The first-order valence-electron chi connectivity index (χ1n) is 6.38. The topological polar surface area (TPSA) is 12.9 Å². The molecule has 1 aromatic carbocycles. The molecular formula is C17H20IrN-. The molecule has 0 unspecified atom stereocenters. The summed E-state index contributed by atoms with van der Waals surface area (Å²) < 4.78 is 0. The van der Waals surface area contributed by atoms with E-state index >= 15 is 0 Å². The molecule has 0 saturated heterocycles. The maximum Gasteiger partial charge on any atom is 0.0190 e. The van der Waals surface area contributed by atoms with Crippen LogP contribution in [0.15, 0.2) is 36.5 Å². The molecule has 19 heavy (non-hydrogen) atoms. The first kappa shape index (κ1) is 16.1. The molecule has 2 aromatic rings. The van der Waals surface area contributed by atoms with Crippen molar-refractivity contribution < 1.29 is 20.1 Å². The third-order valence-corrected chi connectivity index (χ3v) is 2.79. The number of aromatic nitrogens is 1. The van der Waals surface area contributed by atoms with Crippen LogP contribution < -0.4 is 0 Å². The zero-order valence-corrected chi connectivity index (χ0v) is 14.3. The Morgan fingerprint density at radius 1 is 1.16 bits per heavy atom. The average Bonchev–Trinajstić information content (AvgIpc) is 2.28. The van der Waals surface area contributed by atoms with E-state index in [1.807, 2.05) is 12.3 Å². The van der Waals surface area contributed by atoms with Crippen LogP contribution in [0.4, 0.5) is 0 Å². The van der Waals surface area contributed by atoms with E-state index in [0.717, 1.165) is 17.7 Å². The second-order valence-corrected chi connectivity index (χ2v) is 6.07. The van der Waals surface area contributed by atoms with Crippen molar-refractivity contribution in [3.63, 3.8) is 0 Å². The Labute approximate surface area is 129 Å². The van der Waals surface area contributed by atoms with Crippen molar-refractivity contribution in [2.75, 3.05) is 0 Å². The number of pyridine rings is 1. The van der Waals surface area contributed by atoms with Crippen LogP contribution in [-0.2, 0) is 26.5 Å². The fraction of sp³-hybridized carbons (Fsp3) is 0.353. The number of hydrogen-bond acceptors (Lipinski definition) is 1. The van der Waals surface area contributed by atoms with E-state index < -0.39 is 0 Å². The monoisotopic (exact) mass is 431 g/mol. The molecule has 0 aliphatic rings. The molecule has 0 aliphatic carbocycles. The second-order valence-electron chi connectivity index (χ2n) is 6.07. The van der Waals surface area contributed by atoms with Gasteiger partial charge in [0.15, 0.2) is 0 Å². The third kappa shape index (κ3) is 4.89. The van der Waals surface area contributed by atoms with Gasteiger partial charge in [-0.1, -0.05) is 32.9 Å². The van der Waals surface area contributed by atoms with Gasteiger partial charge in [0.25, 0.3) is 0 Å². The number of hydrogen-bond donors (Lipinski definition) is 0. The Hall–Kier alpha value is -0.981. The zero-order valence-electron chi connectivity index (χ0n) is 12.0. The van der Waals surface area contributed by atoms with Gasteiger partial charge >= 0.3 is 0 Å². The van der Waals surface area contributed by atoms with Crippen LogP contribution >= 0.6 is 0 Å². The smallest absolute Gasteiger partial charge is 0.0190 e. The van der Waals surface area contributed by atoms with Crippen molar-refractivity contribution >= 4 is 0 Å². The van der Waals surface area contributed by atoms with Gasteiger partial charge in [-0.05, 0) is 30.0 Å². The van der Waals surface area contributed by atoms with E-state index in [9.17, 15) is 0 Å². The van der Waals surface area contributed by atoms with E-state index in [1.54, 1.807) is 0 Å². The number of nitrogens with zero attached hydrogens (tertiary/aromatic N) is 1. The van der Waals surface area contributed by atoms with E-state index in [4.69, 9.17) is 0 Å². The Morgan fingerprint density at radius 3 is 2.47 bits per heavy atom. The van der Waals surface area contributed by atoms with E-state index in [1.165, 1.54) is 11.1 Å². The first-order chi connectivity index (χ1) is 8.44. The van der Waals surface area contributed by atoms with Crippen LogP contribution in [0.25, 0.3) is 11.3 Å². The van der Waals surface area contributed by atoms with Gasteiger partial charge in [0.1, 0.15) is 0 Å². The van der Waals surface area contributed by atoms with Gasteiger partial charge in [0, 0.05) is 26.3 Å². The average molecular weight is 431 g/mol. The van der Waals surface area contributed by atoms with Gasteiger partial charge in [-0.3, -0.25) is 0 Å². The van der Waals surface area contributed by atoms with Gasteiger partial charge in [0.2, 0.25) is 0 Å². The molecule has 1 aromatic heterocycles. The summed E-state index contributed by atoms with van der Waals surface area (Å²) in [5, 5.41) is 0. The van der Waals surface area contributed by atoms with Gasteiger partial charge < -0.3 is 4.98 Å². The van der Waals surface area contributed by atoms with Crippen LogP contribution in [-0.4, -0.2) is 4.98 Å². The summed E-state index contributed by atoms with van der Waals surface area (Å²) in [5.41, 5.74) is 4.91. The minimum Gasteiger partial charge on any atom is -0.304 e. The summed E-state index contributed by atoms with van der Waals surface area (Å²) in [6, 6.07) is 13.8. The molecule has 0 saturated carbocycles. The minimum absolute atomic E-state index is 0.